The van der Waals surface area contributed by atoms with E-state index in [1.807, 2.05) is 0 Å². The van der Waals surface area contributed by atoms with Crippen molar-refractivity contribution in [3.05, 3.63) is 64.7 Å². The number of rotatable bonds is 5. The van der Waals surface area contributed by atoms with Crippen LogP contribution >= 0.6 is 23.8 Å². The molecule has 28 heavy (non-hydrogen) atoms. The molecule has 8 heteroatoms. The number of hydrogen-bond donors (Lipinski definition) is 3. The topological polar surface area (TPSA) is 79.5 Å². The zero-order chi connectivity index (χ0) is 19.9. The largest absolute Gasteiger partial charge is 0.376 e. The van der Waals surface area contributed by atoms with Crippen molar-refractivity contribution >= 4 is 46.4 Å². The lowest BCUT2D eigenvalue weighted by Crippen LogP contribution is -2.34. The molecule has 2 aromatic rings. The first-order valence-electron chi connectivity index (χ1n) is 8.89. The molecule has 6 nitrogen and oxygen atoms in total. The van der Waals surface area contributed by atoms with Crippen LogP contribution in [0.1, 0.15) is 33.6 Å². The number of benzene rings is 2. The van der Waals surface area contributed by atoms with E-state index >= 15 is 0 Å². The summed E-state index contributed by atoms with van der Waals surface area (Å²) in [7, 11) is 0. The molecule has 0 radical (unpaired) electrons. The molecule has 1 fully saturated rings. The van der Waals surface area contributed by atoms with Crippen molar-refractivity contribution in [2.45, 2.75) is 18.9 Å². The van der Waals surface area contributed by atoms with Crippen LogP contribution < -0.4 is 16.0 Å². The Labute approximate surface area is 173 Å². The molecule has 1 heterocycles. The molecule has 0 spiro atoms. The average molecular weight is 418 g/mol. The molecule has 3 N–H and O–H groups in total. The Morgan fingerprint density at radius 3 is 2.71 bits per heavy atom. The smallest absolute Gasteiger partial charge is 0.258 e. The van der Waals surface area contributed by atoms with E-state index in [2.05, 4.69) is 16.0 Å². The van der Waals surface area contributed by atoms with Gasteiger partial charge in [-0.2, -0.15) is 0 Å². The molecule has 1 aliphatic heterocycles. The van der Waals surface area contributed by atoms with Gasteiger partial charge in [0, 0.05) is 24.4 Å². The number of hydrogen-bond acceptors (Lipinski definition) is 4. The number of carbonyl (C=O) groups is 2. The Morgan fingerprint density at radius 1 is 1.14 bits per heavy atom. The first-order valence-corrected chi connectivity index (χ1v) is 9.68. The van der Waals surface area contributed by atoms with Crippen molar-refractivity contribution in [3.63, 3.8) is 0 Å². The third-order valence-electron chi connectivity index (χ3n) is 4.24. The van der Waals surface area contributed by atoms with Crippen molar-refractivity contribution < 1.29 is 14.3 Å². The number of carbonyl (C=O) groups excluding carboxylic acids is 2. The second-order valence-corrected chi connectivity index (χ2v) is 7.13. The molecule has 2 aromatic carbocycles. The summed E-state index contributed by atoms with van der Waals surface area (Å²) in [5, 5.41) is 8.81. The van der Waals surface area contributed by atoms with Crippen molar-refractivity contribution in [3.8, 4) is 0 Å². The quantitative estimate of drug-likeness (QED) is 0.650. The molecule has 1 aliphatic rings. The SMILES string of the molecule is O=C(NC[C@@H]1CCCO1)c1cccc(NC(=S)NC(=O)c2ccccc2Cl)c1. The van der Waals surface area contributed by atoms with Crippen LogP contribution in [0.15, 0.2) is 48.5 Å². The summed E-state index contributed by atoms with van der Waals surface area (Å²) in [6.45, 7) is 1.24. The summed E-state index contributed by atoms with van der Waals surface area (Å²) in [6.07, 6.45) is 2.07. The van der Waals surface area contributed by atoms with E-state index in [1.165, 1.54) is 0 Å². The number of anilines is 1. The van der Waals surface area contributed by atoms with E-state index in [4.69, 9.17) is 28.6 Å². The van der Waals surface area contributed by atoms with Gasteiger partial charge < -0.3 is 15.4 Å². The first-order chi connectivity index (χ1) is 13.5. The normalized spacial score (nSPS) is 15.7. The molecule has 1 atom stereocenters. The summed E-state index contributed by atoms with van der Waals surface area (Å²) >= 11 is 11.2. The summed E-state index contributed by atoms with van der Waals surface area (Å²) in [4.78, 5) is 24.6. The van der Waals surface area contributed by atoms with Crippen LogP contribution in [0.2, 0.25) is 5.02 Å². The molecule has 0 unspecified atom stereocenters. The van der Waals surface area contributed by atoms with Crippen molar-refractivity contribution in [2.75, 3.05) is 18.5 Å². The lowest BCUT2D eigenvalue weighted by atomic mass is 10.1. The van der Waals surface area contributed by atoms with Crippen molar-refractivity contribution in [1.82, 2.24) is 10.6 Å². The number of thiocarbonyl (C=S) groups is 1. The van der Waals surface area contributed by atoms with Crippen molar-refractivity contribution in [2.24, 2.45) is 0 Å². The van der Waals surface area contributed by atoms with Crippen LogP contribution in [0.5, 0.6) is 0 Å². The van der Waals surface area contributed by atoms with Gasteiger partial charge in [0.25, 0.3) is 11.8 Å². The van der Waals surface area contributed by atoms with E-state index in [1.54, 1.807) is 48.5 Å². The molecular formula is C20H20ClN3O3S. The average Bonchev–Trinajstić information content (AvgIpc) is 3.20. The third-order valence-corrected chi connectivity index (χ3v) is 4.78. The zero-order valence-corrected chi connectivity index (χ0v) is 16.6. The van der Waals surface area contributed by atoms with Gasteiger partial charge in [0.2, 0.25) is 0 Å². The maximum absolute atomic E-state index is 12.3. The Hall–Kier alpha value is -2.48. The van der Waals surface area contributed by atoms with Crippen LogP contribution in [0.3, 0.4) is 0 Å². The highest BCUT2D eigenvalue weighted by Gasteiger charge is 2.17. The lowest BCUT2D eigenvalue weighted by molar-refractivity contribution is 0.0857. The van der Waals surface area contributed by atoms with Gasteiger partial charge in [0.15, 0.2) is 5.11 Å². The number of nitrogens with one attached hydrogen (secondary N) is 3. The van der Waals surface area contributed by atoms with E-state index in [0.29, 0.717) is 28.4 Å². The van der Waals surface area contributed by atoms with E-state index in [0.717, 1.165) is 19.4 Å². The van der Waals surface area contributed by atoms with E-state index < -0.39 is 5.91 Å². The van der Waals surface area contributed by atoms with Gasteiger partial charge in [0.05, 0.1) is 16.7 Å². The summed E-state index contributed by atoms with van der Waals surface area (Å²) in [5.41, 5.74) is 1.41. The maximum Gasteiger partial charge on any atom is 0.258 e. The van der Waals surface area contributed by atoms with Gasteiger partial charge in [-0.25, -0.2) is 0 Å². The van der Waals surface area contributed by atoms with E-state index in [9.17, 15) is 9.59 Å². The molecular weight excluding hydrogens is 398 g/mol. The Balaban J connectivity index is 1.56. The second kappa shape index (κ2) is 9.64. The Bertz CT molecular complexity index is 885. The fourth-order valence-corrected chi connectivity index (χ4v) is 3.26. The lowest BCUT2D eigenvalue weighted by Gasteiger charge is -2.13. The number of ether oxygens (including phenoxy) is 1. The standard InChI is InChI=1S/C20H20ClN3O3S/c21-17-9-2-1-8-16(17)19(26)24-20(28)23-14-6-3-5-13(11-14)18(25)22-12-15-7-4-10-27-15/h1-3,5-6,8-9,11,15H,4,7,10,12H2,(H,22,25)(H2,23,24,26,28)/t15-/m0/s1. The monoisotopic (exact) mass is 417 g/mol. The molecule has 2 amide bonds. The highest BCUT2D eigenvalue weighted by atomic mass is 35.5. The zero-order valence-electron chi connectivity index (χ0n) is 15.0. The minimum absolute atomic E-state index is 0.0814. The van der Waals surface area contributed by atoms with Gasteiger partial charge in [-0.15, -0.1) is 0 Å². The molecule has 0 aliphatic carbocycles. The van der Waals surface area contributed by atoms with Gasteiger partial charge in [-0.1, -0.05) is 29.8 Å². The number of amides is 2. The van der Waals surface area contributed by atoms with Gasteiger partial charge >= 0.3 is 0 Å². The van der Waals surface area contributed by atoms with Gasteiger partial charge in [0.1, 0.15) is 0 Å². The predicted molar refractivity (Wildman–Crippen MR) is 113 cm³/mol. The summed E-state index contributed by atoms with van der Waals surface area (Å²) in [5.74, 6) is -0.598. The predicted octanol–water partition coefficient (Wildman–Crippen LogP) is 3.38. The highest BCUT2D eigenvalue weighted by molar-refractivity contribution is 7.80. The Morgan fingerprint density at radius 2 is 1.96 bits per heavy atom. The molecule has 0 bridgehead atoms. The maximum atomic E-state index is 12.3. The molecule has 0 aromatic heterocycles. The minimum atomic E-state index is -0.409. The van der Waals surface area contributed by atoms with Crippen LogP contribution in [0, 0.1) is 0 Å². The molecule has 1 saturated heterocycles. The first kappa shape index (κ1) is 20.3. The minimum Gasteiger partial charge on any atom is -0.376 e. The Kier molecular flexibility index (Phi) is 6.97. The highest BCUT2D eigenvalue weighted by Crippen LogP contribution is 2.15. The van der Waals surface area contributed by atoms with Gasteiger partial charge in [-0.05, 0) is 55.4 Å². The van der Waals surface area contributed by atoms with E-state index in [-0.39, 0.29) is 17.1 Å². The molecule has 3 rings (SSSR count). The fourth-order valence-electron chi connectivity index (χ4n) is 2.83. The van der Waals surface area contributed by atoms with Crippen LogP contribution in [0.25, 0.3) is 0 Å². The van der Waals surface area contributed by atoms with Crippen LogP contribution in [0.4, 0.5) is 5.69 Å². The van der Waals surface area contributed by atoms with Gasteiger partial charge in [-0.3, -0.25) is 14.9 Å². The third kappa shape index (κ3) is 5.51. The number of halogens is 1. The summed E-state index contributed by atoms with van der Waals surface area (Å²) in [6, 6.07) is 13.6. The molecule has 146 valence electrons. The summed E-state index contributed by atoms with van der Waals surface area (Å²) < 4.78 is 5.50. The second-order valence-electron chi connectivity index (χ2n) is 6.31. The molecule has 0 saturated carbocycles. The van der Waals surface area contributed by atoms with Crippen LogP contribution in [-0.4, -0.2) is 36.2 Å². The van der Waals surface area contributed by atoms with Crippen molar-refractivity contribution in [1.29, 1.82) is 0 Å². The van der Waals surface area contributed by atoms with Crippen LogP contribution in [-0.2, 0) is 4.74 Å². The fraction of sp³-hybridized carbons (Fsp3) is 0.250.